The minimum atomic E-state index is 0.753. The summed E-state index contributed by atoms with van der Waals surface area (Å²) in [6.07, 6.45) is 2.03. The molecule has 1 N–H and O–H groups in total. The fourth-order valence-corrected chi connectivity index (χ4v) is 2.18. The Morgan fingerprint density at radius 1 is 1.35 bits per heavy atom. The van der Waals surface area contributed by atoms with Crippen LogP contribution in [0, 0.1) is 6.92 Å². The predicted octanol–water partition coefficient (Wildman–Crippen LogP) is 2.77. The Hall–Kier alpha value is -1.32. The SMILES string of the molecule is CNCc1ccc(Cl)cc1-c1cn(C)nc1C. The lowest BCUT2D eigenvalue weighted by molar-refractivity contribution is 0.756. The Morgan fingerprint density at radius 3 is 2.71 bits per heavy atom. The summed E-state index contributed by atoms with van der Waals surface area (Å²) < 4.78 is 1.83. The van der Waals surface area contributed by atoms with E-state index in [2.05, 4.69) is 16.5 Å². The van der Waals surface area contributed by atoms with Crippen molar-refractivity contribution >= 4 is 11.6 Å². The van der Waals surface area contributed by atoms with Crippen LogP contribution in [0.3, 0.4) is 0 Å². The van der Waals surface area contributed by atoms with Gasteiger partial charge >= 0.3 is 0 Å². The van der Waals surface area contributed by atoms with Gasteiger partial charge in [0.25, 0.3) is 0 Å². The van der Waals surface area contributed by atoms with E-state index in [0.29, 0.717) is 0 Å². The van der Waals surface area contributed by atoms with E-state index in [1.165, 1.54) is 5.56 Å². The van der Waals surface area contributed by atoms with Gasteiger partial charge < -0.3 is 5.32 Å². The van der Waals surface area contributed by atoms with E-state index in [1.807, 2.05) is 44.0 Å². The van der Waals surface area contributed by atoms with E-state index in [1.54, 1.807) is 0 Å². The Labute approximate surface area is 106 Å². The van der Waals surface area contributed by atoms with E-state index in [0.717, 1.165) is 28.4 Å². The number of nitrogens with zero attached hydrogens (tertiary/aromatic N) is 2. The van der Waals surface area contributed by atoms with Gasteiger partial charge in [0.15, 0.2) is 0 Å². The first-order valence-corrected chi connectivity index (χ1v) is 5.93. The lowest BCUT2D eigenvalue weighted by Crippen LogP contribution is -2.06. The maximum Gasteiger partial charge on any atom is 0.0672 e. The van der Waals surface area contributed by atoms with Crippen LogP contribution in [0.1, 0.15) is 11.3 Å². The molecule has 0 bridgehead atoms. The van der Waals surface area contributed by atoms with Crippen LogP contribution in [-0.2, 0) is 13.6 Å². The van der Waals surface area contributed by atoms with Gasteiger partial charge in [-0.25, -0.2) is 0 Å². The Balaban J connectivity index is 2.56. The largest absolute Gasteiger partial charge is 0.316 e. The van der Waals surface area contributed by atoms with Gasteiger partial charge in [-0.2, -0.15) is 5.10 Å². The number of benzene rings is 1. The molecule has 0 aliphatic heterocycles. The summed E-state index contributed by atoms with van der Waals surface area (Å²) in [4.78, 5) is 0. The second-order valence-corrected chi connectivity index (χ2v) is 4.57. The first-order chi connectivity index (χ1) is 8.11. The highest BCUT2D eigenvalue weighted by atomic mass is 35.5. The summed E-state index contributed by atoms with van der Waals surface area (Å²) in [5.41, 5.74) is 4.54. The van der Waals surface area contributed by atoms with Crippen molar-refractivity contribution in [3.8, 4) is 11.1 Å². The van der Waals surface area contributed by atoms with Crippen LogP contribution >= 0.6 is 11.6 Å². The molecule has 1 aromatic carbocycles. The molecule has 0 fully saturated rings. The van der Waals surface area contributed by atoms with Gasteiger partial charge in [0, 0.05) is 30.4 Å². The molecule has 2 aromatic rings. The first kappa shape index (κ1) is 12.1. The third-order valence-electron chi connectivity index (χ3n) is 2.74. The zero-order valence-electron chi connectivity index (χ0n) is 10.3. The van der Waals surface area contributed by atoms with Gasteiger partial charge in [0.05, 0.1) is 5.69 Å². The third kappa shape index (κ3) is 2.51. The summed E-state index contributed by atoms with van der Waals surface area (Å²) in [5.74, 6) is 0. The Morgan fingerprint density at radius 2 is 2.12 bits per heavy atom. The van der Waals surface area contributed by atoms with E-state index >= 15 is 0 Å². The van der Waals surface area contributed by atoms with Crippen LogP contribution in [-0.4, -0.2) is 16.8 Å². The molecule has 1 aromatic heterocycles. The minimum Gasteiger partial charge on any atom is -0.316 e. The highest BCUT2D eigenvalue weighted by Crippen LogP contribution is 2.28. The second kappa shape index (κ2) is 4.90. The molecule has 0 aliphatic carbocycles. The van der Waals surface area contributed by atoms with Gasteiger partial charge in [-0.15, -0.1) is 0 Å². The fraction of sp³-hybridized carbons (Fsp3) is 0.308. The van der Waals surface area contributed by atoms with E-state index < -0.39 is 0 Å². The van der Waals surface area contributed by atoms with Gasteiger partial charge in [-0.05, 0) is 37.2 Å². The fourth-order valence-electron chi connectivity index (χ4n) is 2.01. The lowest BCUT2D eigenvalue weighted by Gasteiger charge is -2.09. The maximum absolute atomic E-state index is 6.08. The molecule has 0 saturated carbocycles. The number of hydrogen-bond donors (Lipinski definition) is 1. The number of hydrogen-bond acceptors (Lipinski definition) is 2. The highest BCUT2D eigenvalue weighted by Gasteiger charge is 2.10. The van der Waals surface area contributed by atoms with Crippen molar-refractivity contribution in [3.63, 3.8) is 0 Å². The van der Waals surface area contributed by atoms with Gasteiger partial charge in [-0.3, -0.25) is 4.68 Å². The molecular formula is C13H16ClN3. The molecule has 4 heteroatoms. The monoisotopic (exact) mass is 249 g/mol. The Kier molecular flexibility index (Phi) is 3.50. The van der Waals surface area contributed by atoms with E-state index in [9.17, 15) is 0 Å². The second-order valence-electron chi connectivity index (χ2n) is 4.13. The number of rotatable bonds is 3. The summed E-state index contributed by atoms with van der Waals surface area (Å²) >= 11 is 6.08. The zero-order valence-corrected chi connectivity index (χ0v) is 11.0. The van der Waals surface area contributed by atoms with E-state index in [-0.39, 0.29) is 0 Å². The van der Waals surface area contributed by atoms with Crippen LogP contribution in [0.4, 0.5) is 0 Å². The first-order valence-electron chi connectivity index (χ1n) is 5.55. The molecule has 1 heterocycles. The number of aromatic nitrogens is 2. The number of nitrogens with one attached hydrogen (secondary N) is 1. The van der Waals surface area contributed by atoms with Crippen LogP contribution in [0.5, 0.6) is 0 Å². The molecule has 0 unspecified atom stereocenters. The lowest BCUT2D eigenvalue weighted by atomic mass is 10.0. The average Bonchev–Trinajstić information content (AvgIpc) is 2.61. The molecule has 3 nitrogen and oxygen atoms in total. The minimum absolute atomic E-state index is 0.753. The normalized spacial score (nSPS) is 10.8. The van der Waals surface area contributed by atoms with Crippen molar-refractivity contribution < 1.29 is 0 Å². The molecule has 2 rings (SSSR count). The summed E-state index contributed by atoms with van der Waals surface area (Å²) in [6, 6.07) is 5.97. The summed E-state index contributed by atoms with van der Waals surface area (Å²) in [5, 5.41) is 8.29. The van der Waals surface area contributed by atoms with Crippen molar-refractivity contribution in [2.45, 2.75) is 13.5 Å². The smallest absolute Gasteiger partial charge is 0.0672 e. The Bertz CT molecular complexity index is 531. The average molecular weight is 250 g/mol. The highest BCUT2D eigenvalue weighted by molar-refractivity contribution is 6.30. The van der Waals surface area contributed by atoms with Gasteiger partial charge in [0.1, 0.15) is 0 Å². The topological polar surface area (TPSA) is 29.9 Å². The number of aryl methyl sites for hydroxylation is 2. The molecule has 17 heavy (non-hydrogen) atoms. The molecule has 0 spiro atoms. The van der Waals surface area contributed by atoms with Crippen LogP contribution < -0.4 is 5.32 Å². The maximum atomic E-state index is 6.08. The van der Waals surface area contributed by atoms with E-state index in [4.69, 9.17) is 11.6 Å². The molecule has 0 saturated heterocycles. The van der Waals surface area contributed by atoms with Crippen molar-refractivity contribution in [1.82, 2.24) is 15.1 Å². The standard InChI is InChI=1S/C13H16ClN3/c1-9-13(8-17(3)16-9)12-6-11(14)5-4-10(12)7-15-2/h4-6,8,15H,7H2,1-3H3. The third-order valence-corrected chi connectivity index (χ3v) is 2.98. The van der Waals surface area contributed by atoms with Gasteiger partial charge in [0.2, 0.25) is 0 Å². The zero-order chi connectivity index (χ0) is 12.4. The summed E-state index contributed by atoms with van der Waals surface area (Å²) in [7, 11) is 3.87. The van der Waals surface area contributed by atoms with Crippen molar-refractivity contribution in [2.24, 2.45) is 7.05 Å². The number of halogens is 1. The van der Waals surface area contributed by atoms with Crippen LogP contribution in [0.25, 0.3) is 11.1 Å². The van der Waals surface area contributed by atoms with Gasteiger partial charge in [-0.1, -0.05) is 17.7 Å². The molecule has 90 valence electrons. The molecule has 0 amide bonds. The van der Waals surface area contributed by atoms with Crippen molar-refractivity contribution in [2.75, 3.05) is 7.05 Å². The van der Waals surface area contributed by atoms with Crippen LogP contribution in [0.15, 0.2) is 24.4 Å². The predicted molar refractivity (Wildman–Crippen MR) is 71.2 cm³/mol. The van der Waals surface area contributed by atoms with Crippen molar-refractivity contribution in [1.29, 1.82) is 0 Å². The molecule has 0 aliphatic rings. The molecule has 0 radical (unpaired) electrons. The molecular weight excluding hydrogens is 234 g/mol. The van der Waals surface area contributed by atoms with Crippen molar-refractivity contribution in [3.05, 3.63) is 40.7 Å². The quantitative estimate of drug-likeness (QED) is 0.907. The molecule has 0 atom stereocenters. The summed E-state index contributed by atoms with van der Waals surface area (Å²) in [6.45, 7) is 2.83. The van der Waals surface area contributed by atoms with Crippen LogP contribution in [0.2, 0.25) is 5.02 Å².